The average molecular weight is 337 g/mol. The Labute approximate surface area is 147 Å². The van der Waals surface area contributed by atoms with Gasteiger partial charge in [-0.25, -0.2) is 0 Å². The lowest BCUT2D eigenvalue weighted by molar-refractivity contribution is -0.143. The summed E-state index contributed by atoms with van der Waals surface area (Å²) in [6.07, 6.45) is 10.8. The number of nitrogens with zero attached hydrogens (tertiary/aromatic N) is 5. The third kappa shape index (κ3) is 2.91. The molecule has 2 aromatic rings. The van der Waals surface area contributed by atoms with E-state index in [4.69, 9.17) is 0 Å². The van der Waals surface area contributed by atoms with E-state index in [1.807, 2.05) is 23.1 Å². The van der Waals surface area contributed by atoms with Crippen LogP contribution >= 0.6 is 0 Å². The predicted octanol–water partition coefficient (Wildman–Crippen LogP) is 1.99. The quantitative estimate of drug-likeness (QED) is 0.854. The summed E-state index contributed by atoms with van der Waals surface area (Å²) in [4.78, 5) is 31.1. The zero-order valence-corrected chi connectivity index (χ0v) is 14.3. The highest BCUT2D eigenvalue weighted by molar-refractivity contribution is 5.87. The third-order valence-corrected chi connectivity index (χ3v) is 5.32. The van der Waals surface area contributed by atoms with Crippen molar-refractivity contribution in [3.63, 3.8) is 0 Å². The van der Waals surface area contributed by atoms with Gasteiger partial charge in [0.2, 0.25) is 5.91 Å². The van der Waals surface area contributed by atoms with Gasteiger partial charge in [0.25, 0.3) is 0 Å². The topological polar surface area (TPSA) is 62.2 Å². The molecule has 2 saturated heterocycles. The van der Waals surface area contributed by atoms with Crippen LogP contribution in [0.4, 0.5) is 0 Å². The van der Waals surface area contributed by atoms with Crippen LogP contribution in [0.1, 0.15) is 37.1 Å². The first-order valence-corrected chi connectivity index (χ1v) is 9.01. The predicted molar refractivity (Wildman–Crippen MR) is 93.4 cm³/mol. The maximum Gasteiger partial charge on any atom is 0.249 e. The van der Waals surface area contributed by atoms with Crippen molar-refractivity contribution in [2.24, 2.45) is 0 Å². The summed E-state index contributed by atoms with van der Waals surface area (Å²) in [5.74, 6) is 0.180. The molecule has 0 bridgehead atoms. The lowest BCUT2D eigenvalue weighted by Gasteiger charge is -2.39. The fraction of sp³-hybridized carbons (Fsp3) is 0.474. The van der Waals surface area contributed by atoms with Crippen molar-refractivity contribution >= 4 is 5.91 Å². The number of rotatable bonds is 4. The van der Waals surface area contributed by atoms with Gasteiger partial charge in [-0.05, 0) is 37.8 Å². The molecule has 0 unspecified atom stereocenters. The summed E-state index contributed by atoms with van der Waals surface area (Å²) in [5.41, 5.74) is 1.03. The highest BCUT2D eigenvalue weighted by Crippen LogP contribution is 2.41. The molecular weight excluding hydrogens is 314 g/mol. The van der Waals surface area contributed by atoms with Gasteiger partial charge in [0.15, 0.2) is 0 Å². The van der Waals surface area contributed by atoms with Crippen LogP contribution in [-0.2, 0) is 16.9 Å². The minimum absolute atomic E-state index is 0.180. The van der Waals surface area contributed by atoms with Crippen LogP contribution in [0.2, 0.25) is 0 Å². The van der Waals surface area contributed by atoms with Gasteiger partial charge in [-0.15, -0.1) is 0 Å². The Morgan fingerprint density at radius 3 is 2.64 bits per heavy atom. The molecule has 0 aromatic carbocycles. The molecule has 2 aliphatic heterocycles. The summed E-state index contributed by atoms with van der Waals surface area (Å²) in [6.45, 7) is 3.21. The molecule has 0 aliphatic carbocycles. The van der Waals surface area contributed by atoms with E-state index in [0.717, 1.165) is 56.7 Å². The van der Waals surface area contributed by atoms with Crippen molar-refractivity contribution in [3.8, 4) is 0 Å². The second-order valence-corrected chi connectivity index (χ2v) is 6.80. The molecule has 6 nitrogen and oxygen atoms in total. The lowest BCUT2D eigenvalue weighted by Crippen LogP contribution is -2.54. The second kappa shape index (κ2) is 6.88. The van der Waals surface area contributed by atoms with Crippen LogP contribution in [0.25, 0.3) is 0 Å². The van der Waals surface area contributed by atoms with Gasteiger partial charge in [0.1, 0.15) is 5.54 Å². The van der Waals surface area contributed by atoms with E-state index in [2.05, 4.69) is 19.9 Å². The van der Waals surface area contributed by atoms with Gasteiger partial charge in [-0.2, -0.15) is 0 Å². The first kappa shape index (κ1) is 16.1. The molecule has 0 radical (unpaired) electrons. The molecule has 4 heterocycles. The molecule has 2 aliphatic rings. The van der Waals surface area contributed by atoms with Crippen molar-refractivity contribution in [3.05, 3.63) is 54.4 Å². The fourth-order valence-corrected chi connectivity index (χ4v) is 4.11. The summed E-state index contributed by atoms with van der Waals surface area (Å²) in [6, 6.07) is 5.92. The van der Waals surface area contributed by atoms with Crippen LogP contribution in [-0.4, -0.2) is 50.3 Å². The van der Waals surface area contributed by atoms with Crippen molar-refractivity contribution in [2.45, 2.75) is 37.8 Å². The molecule has 2 fully saturated rings. The fourth-order valence-electron chi connectivity index (χ4n) is 4.11. The average Bonchev–Trinajstić information content (AvgIpc) is 3.33. The first-order valence-electron chi connectivity index (χ1n) is 9.01. The molecule has 130 valence electrons. The lowest BCUT2D eigenvalue weighted by atomic mass is 9.90. The van der Waals surface area contributed by atoms with Crippen LogP contribution in [0, 0.1) is 0 Å². The zero-order valence-electron chi connectivity index (χ0n) is 14.3. The van der Waals surface area contributed by atoms with Crippen molar-refractivity contribution in [1.29, 1.82) is 0 Å². The van der Waals surface area contributed by atoms with E-state index < -0.39 is 5.54 Å². The Hall–Kier alpha value is -2.34. The van der Waals surface area contributed by atoms with Gasteiger partial charge in [0, 0.05) is 44.8 Å². The van der Waals surface area contributed by atoms with Gasteiger partial charge >= 0.3 is 0 Å². The number of pyridine rings is 1. The normalized spacial score (nSPS) is 23.9. The van der Waals surface area contributed by atoms with Crippen LogP contribution in [0.5, 0.6) is 0 Å². The molecule has 2 aromatic heterocycles. The Bertz CT molecular complexity index is 717. The molecular formula is C19H23N5O. The number of likely N-dealkylation sites (tertiary alicyclic amines) is 2. The van der Waals surface area contributed by atoms with Crippen molar-refractivity contribution in [1.82, 2.24) is 24.8 Å². The highest BCUT2D eigenvalue weighted by Gasteiger charge is 2.52. The summed E-state index contributed by atoms with van der Waals surface area (Å²) in [7, 11) is 0. The Morgan fingerprint density at radius 1 is 1.04 bits per heavy atom. The van der Waals surface area contributed by atoms with Crippen LogP contribution in [0.15, 0.2) is 43.0 Å². The molecule has 0 saturated carbocycles. The van der Waals surface area contributed by atoms with E-state index in [1.165, 1.54) is 0 Å². The number of hydrogen-bond acceptors (Lipinski definition) is 5. The Balaban J connectivity index is 1.72. The molecule has 1 atom stereocenters. The van der Waals surface area contributed by atoms with Gasteiger partial charge in [-0.3, -0.25) is 24.6 Å². The molecule has 1 amide bonds. The summed E-state index contributed by atoms with van der Waals surface area (Å²) in [5, 5.41) is 0. The highest BCUT2D eigenvalue weighted by atomic mass is 16.2. The maximum absolute atomic E-state index is 13.6. The largest absolute Gasteiger partial charge is 0.341 e. The molecule has 0 N–H and O–H groups in total. The number of hydrogen-bond donors (Lipinski definition) is 0. The van der Waals surface area contributed by atoms with Gasteiger partial charge in [0.05, 0.1) is 17.6 Å². The Morgan fingerprint density at radius 2 is 1.92 bits per heavy atom. The number of carbonyl (C=O) groups excluding carboxylic acids is 1. The summed E-state index contributed by atoms with van der Waals surface area (Å²) >= 11 is 0. The van der Waals surface area contributed by atoms with E-state index in [1.54, 1.807) is 24.8 Å². The molecule has 4 rings (SSSR count). The standard InChI is InChI=1S/C19H23N5O/c25-18(23-11-3-4-12-23)19(17-14-20-9-10-22-17)7-5-13-24(19)15-16-6-1-2-8-21-16/h1-2,6,8-10,14H,3-5,7,11-13,15H2/t19-/m0/s1. The first-order chi connectivity index (χ1) is 12.3. The number of carbonyl (C=O) groups is 1. The molecule has 0 spiro atoms. The van der Waals surface area contributed by atoms with Crippen molar-refractivity contribution in [2.75, 3.05) is 19.6 Å². The second-order valence-electron chi connectivity index (χ2n) is 6.80. The smallest absolute Gasteiger partial charge is 0.249 e. The minimum Gasteiger partial charge on any atom is -0.341 e. The van der Waals surface area contributed by atoms with Gasteiger partial charge in [-0.1, -0.05) is 6.07 Å². The van der Waals surface area contributed by atoms with E-state index in [0.29, 0.717) is 6.54 Å². The van der Waals surface area contributed by atoms with E-state index >= 15 is 0 Å². The van der Waals surface area contributed by atoms with E-state index in [9.17, 15) is 4.79 Å². The monoisotopic (exact) mass is 337 g/mol. The SMILES string of the molecule is O=C(N1CCCC1)[C@@]1(c2cnccn2)CCCN1Cc1ccccn1. The van der Waals surface area contributed by atoms with Crippen LogP contribution in [0.3, 0.4) is 0 Å². The van der Waals surface area contributed by atoms with E-state index in [-0.39, 0.29) is 5.91 Å². The number of aromatic nitrogens is 3. The molecule has 6 heteroatoms. The Kier molecular flexibility index (Phi) is 4.44. The van der Waals surface area contributed by atoms with Crippen LogP contribution < -0.4 is 0 Å². The maximum atomic E-state index is 13.6. The molecule has 25 heavy (non-hydrogen) atoms. The van der Waals surface area contributed by atoms with Crippen molar-refractivity contribution < 1.29 is 4.79 Å². The summed E-state index contributed by atoms with van der Waals surface area (Å²) < 4.78 is 0. The number of amides is 1. The minimum atomic E-state index is -0.712. The zero-order chi connectivity index (χ0) is 17.1. The third-order valence-electron chi connectivity index (χ3n) is 5.32. The van der Waals surface area contributed by atoms with Gasteiger partial charge < -0.3 is 4.90 Å².